The standard InChI is InChI=1S/C9H17IO/c10-8-6-4-2-1-3-5-7-9-11/h3,5,11H,1-2,4,6-9H2/b5-3+. The van der Waals surface area contributed by atoms with Crippen molar-refractivity contribution in [3.8, 4) is 0 Å². The fourth-order valence-corrected chi connectivity index (χ4v) is 1.38. The highest BCUT2D eigenvalue weighted by Gasteiger charge is 1.84. The van der Waals surface area contributed by atoms with Gasteiger partial charge in [0.25, 0.3) is 0 Å². The molecule has 0 aliphatic rings. The van der Waals surface area contributed by atoms with Crippen LogP contribution < -0.4 is 0 Å². The van der Waals surface area contributed by atoms with E-state index < -0.39 is 0 Å². The molecule has 11 heavy (non-hydrogen) atoms. The Morgan fingerprint density at radius 3 is 2.36 bits per heavy atom. The lowest BCUT2D eigenvalue weighted by atomic mass is 10.2. The summed E-state index contributed by atoms with van der Waals surface area (Å²) in [5.41, 5.74) is 0. The van der Waals surface area contributed by atoms with E-state index in [1.54, 1.807) is 0 Å². The van der Waals surface area contributed by atoms with Crippen molar-refractivity contribution in [3.05, 3.63) is 12.2 Å². The lowest BCUT2D eigenvalue weighted by Gasteiger charge is -1.92. The molecule has 66 valence electrons. The molecule has 2 heteroatoms. The highest BCUT2D eigenvalue weighted by molar-refractivity contribution is 14.1. The first-order valence-electron chi connectivity index (χ1n) is 4.23. The van der Waals surface area contributed by atoms with Crippen LogP contribution in [0.4, 0.5) is 0 Å². The summed E-state index contributed by atoms with van der Waals surface area (Å²) in [4.78, 5) is 0. The van der Waals surface area contributed by atoms with Crippen LogP contribution in [0, 0.1) is 0 Å². The van der Waals surface area contributed by atoms with Gasteiger partial charge in [0.1, 0.15) is 0 Å². The van der Waals surface area contributed by atoms with Crippen LogP contribution in [-0.2, 0) is 0 Å². The van der Waals surface area contributed by atoms with Crippen LogP contribution in [0.5, 0.6) is 0 Å². The highest BCUT2D eigenvalue weighted by Crippen LogP contribution is 2.02. The first-order chi connectivity index (χ1) is 5.41. The topological polar surface area (TPSA) is 20.2 Å². The third kappa shape index (κ3) is 10.4. The van der Waals surface area contributed by atoms with Gasteiger partial charge in [-0.05, 0) is 30.1 Å². The van der Waals surface area contributed by atoms with Crippen LogP contribution in [0.25, 0.3) is 0 Å². The molecule has 0 aromatic carbocycles. The van der Waals surface area contributed by atoms with E-state index in [0.29, 0.717) is 0 Å². The van der Waals surface area contributed by atoms with E-state index in [-0.39, 0.29) is 6.61 Å². The van der Waals surface area contributed by atoms with Crippen LogP contribution in [0.2, 0.25) is 0 Å². The van der Waals surface area contributed by atoms with E-state index in [1.165, 1.54) is 30.1 Å². The monoisotopic (exact) mass is 268 g/mol. The van der Waals surface area contributed by atoms with Gasteiger partial charge in [0.15, 0.2) is 0 Å². The molecular formula is C9H17IO. The number of aliphatic hydroxyl groups is 1. The predicted molar refractivity (Wildman–Crippen MR) is 58.2 cm³/mol. The minimum absolute atomic E-state index is 0.282. The van der Waals surface area contributed by atoms with Crippen molar-refractivity contribution >= 4 is 22.6 Å². The van der Waals surface area contributed by atoms with Gasteiger partial charge in [0.2, 0.25) is 0 Å². The normalized spacial score (nSPS) is 11.1. The van der Waals surface area contributed by atoms with Crippen molar-refractivity contribution in [2.45, 2.75) is 32.1 Å². The summed E-state index contributed by atoms with van der Waals surface area (Å²) >= 11 is 2.41. The zero-order chi connectivity index (χ0) is 8.36. The second-order valence-corrected chi connectivity index (χ2v) is 3.60. The quantitative estimate of drug-likeness (QED) is 0.326. The molecule has 0 bridgehead atoms. The minimum Gasteiger partial charge on any atom is -0.396 e. The van der Waals surface area contributed by atoms with Crippen LogP contribution in [0.3, 0.4) is 0 Å². The summed E-state index contributed by atoms with van der Waals surface area (Å²) in [7, 11) is 0. The third-order valence-electron chi connectivity index (χ3n) is 1.47. The zero-order valence-corrected chi connectivity index (χ0v) is 9.09. The number of unbranched alkanes of at least 4 members (excludes halogenated alkanes) is 3. The predicted octanol–water partition coefficient (Wildman–Crippen LogP) is 2.92. The second-order valence-electron chi connectivity index (χ2n) is 2.52. The number of alkyl halides is 1. The second kappa shape index (κ2) is 10.4. The van der Waals surface area contributed by atoms with Crippen molar-refractivity contribution < 1.29 is 5.11 Å². The number of aliphatic hydroxyl groups excluding tert-OH is 1. The summed E-state index contributed by atoms with van der Waals surface area (Å²) in [5, 5.41) is 8.45. The Balaban J connectivity index is 2.89. The van der Waals surface area contributed by atoms with Crippen molar-refractivity contribution in [2.24, 2.45) is 0 Å². The lowest BCUT2D eigenvalue weighted by Crippen LogP contribution is -1.77. The summed E-state index contributed by atoms with van der Waals surface area (Å²) in [5.74, 6) is 0. The molecule has 0 heterocycles. The number of halogens is 1. The molecular weight excluding hydrogens is 251 g/mol. The molecule has 0 saturated heterocycles. The van der Waals surface area contributed by atoms with E-state index in [9.17, 15) is 0 Å². The van der Waals surface area contributed by atoms with Gasteiger partial charge in [0, 0.05) is 6.61 Å². The maximum absolute atomic E-state index is 8.45. The van der Waals surface area contributed by atoms with Gasteiger partial charge in [-0.1, -0.05) is 41.2 Å². The first kappa shape index (κ1) is 11.4. The maximum atomic E-state index is 8.45. The minimum atomic E-state index is 0.282. The van der Waals surface area contributed by atoms with E-state index >= 15 is 0 Å². The van der Waals surface area contributed by atoms with E-state index in [2.05, 4.69) is 34.7 Å². The molecule has 1 nitrogen and oxygen atoms in total. The smallest absolute Gasteiger partial charge is 0.0465 e. The SMILES string of the molecule is OCC/C=C/CCCCCI. The van der Waals surface area contributed by atoms with E-state index in [1.807, 2.05) is 0 Å². The molecule has 0 aromatic rings. The first-order valence-corrected chi connectivity index (χ1v) is 5.76. The van der Waals surface area contributed by atoms with Crippen LogP contribution >= 0.6 is 22.6 Å². The van der Waals surface area contributed by atoms with Crippen LogP contribution in [0.1, 0.15) is 32.1 Å². The number of hydrogen-bond donors (Lipinski definition) is 1. The average Bonchev–Trinajstić information content (AvgIpc) is 2.03. The fourth-order valence-electron chi connectivity index (χ4n) is 0.844. The Kier molecular flexibility index (Phi) is 10.8. The van der Waals surface area contributed by atoms with Crippen molar-refractivity contribution in [1.29, 1.82) is 0 Å². The summed E-state index contributed by atoms with van der Waals surface area (Å²) in [6, 6.07) is 0. The number of rotatable bonds is 7. The van der Waals surface area contributed by atoms with Gasteiger partial charge < -0.3 is 5.11 Å². The molecule has 0 radical (unpaired) electrons. The number of hydrogen-bond acceptors (Lipinski definition) is 1. The zero-order valence-electron chi connectivity index (χ0n) is 6.93. The maximum Gasteiger partial charge on any atom is 0.0465 e. The summed E-state index contributed by atoms with van der Waals surface area (Å²) < 4.78 is 1.28. The van der Waals surface area contributed by atoms with Gasteiger partial charge in [-0.2, -0.15) is 0 Å². The van der Waals surface area contributed by atoms with Gasteiger partial charge in [-0.25, -0.2) is 0 Å². The molecule has 0 aromatic heterocycles. The summed E-state index contributed by atoms with van der Waals surface area (Å²) in [6.07, 6.45) is 10.2. The Morgan fingerprint density at radius 1 is 1.00 bits per heavy atom. The van der Waals surface area contributed by atoms with Gasteiger partial charge >= 0.3 is 0 Å². The molecule has 0 aliphatic carbocycles. The molecule has 0 saturated carbocycles. The molecule has 0 rings (SSSR count). The Bertz CT molecular complexity index is 91.6. The Labute approximate surface area is 83.0 Å². The third-order valence-corrected chi connectivity index (χ3v) is 2.23. The fraction of sp³-hybridized carbons (Fsp3) is 0.778. The molecule has 0 fully saturated rings. The van der Waals surface area contributed by atoms with E-state index in [4.69, 9.17) is 5.11 Å². The molecule has 0 aliphatic heterocycles. The number of allylic oxidation sites excluding steroid dienone is 1. The molecule has 0 unspecified atom stereocenters. The van der Waals surface area contributed by atoms with Crippen LogP contribution in [-0.4, -0.2) is 16.1 Å². The van der Waals surface area contributed by atoms with Gasteiger partial charge in [-0.3, -0.25) is 0 Å². The van der Waals surface area contributed by atoms with Crippen molar-refractivity contribution in [3.63, 3.8) is 0 Å². The Hall–Kier alpha value is 0.430. The van der Waals surface area contributed by atoms with Crippen LogP contribution in [0.15, 0.2) is 12.2 Å². The van der Waals surface area contributed by atoms with Crippen molar-refractivity contribution in [2.75, 3.05) is 11.0 Å². The van der Waals surface area contributed by atoms with Gasteiger partial charge in [-0.15, -0.1) is 0 Å². The van der Waals surface area contributed by atoms with Gasteiger partial charge in [0.05, 0.1) is 0 Å². The molecule has 1 N–H and O–H groups in total. The average molecular weight is 268 g/mol. The summed E-state index contributed by atoms with van der Waals surface area (Å²) in [6.45, 7) is 0.282. The van der Waals surface area contributed by atoms with E-state index in [0.717, 1.165) is 6.42 Å². The highest BCUT2D eigenvalue weighted by atomic mass is 127. The Morgan fingerprint density at radius 2 is 1.73 bits per heavy atom. The molecule has 0 atom stereocenters. The lowest BCUT2D eigenvalue weighted by molar-refractivity contribution is 0.302. The molecule has 0 amide bonds. The molecule has 0 spiro atoms. The van der Waals surface area contributed by atoms with Crippen molar-refractivity contribution in [1.82, 2.24) is 0 Å². The largest absolute Gasteiger partial charge is 0.396 e.